The van der Waals surface area contributed by atoms with Gasteiger partial charge < -0.3 is 0 Å². The number of fused-ring (bicyclic) bond motifs is 1. The van der Waals surface area contributed by atoms with Crippen LogP contribution in [0.1, 0.15) is 43.7 Å². The molecule has 1 atom stereocenters. The van der Waals surface area contributed by atoms with Crippen molar-refractivity contribution in [3.8, 4) is 0 Å². The Bertz CT molecular complexity index is 1450. The predicted molar refractivity (Wildman–Crippen MR) is 145 cm³/mol. The van der Waals surface area contributed by atoms with E-state index >= 15 is 0 Å². The molecule has 4 aromatic rings. The number of pyridine rings is 1. The Morgan fingerprint density at radius 3 is 2.78 bits per heavy atom. The number of benzene rings is 1. The molecule has 0 bridgehead atoms. The van der Waals surface area contributed by atoms with Gasteiger partial charge in [-0.05, 0) is 53.5 Å². The predicted octanol–water partition coefficient (Wildman–Crippen LogP) is 5.51. The van der Waals surface area contributed by atoms with E-state index < -0.39 is 15.9 Å². The highest BCUT2D eigenvalue weighted by atomic mass is 32.2. The SMILES string of the molecule is CC(C)c1cccc2sc(N(Cc3cccnc3)C(=O)C3CCCN(S(=O)(=O)c4cccs4)C3)nc12. The first-order valence-electron chi connectivity index (χ1n) is 12.0. The minimum absolute atomic E-state index is 0.102. The van der Waals surface area contributed by atoms with Crippen LogP contribution in [0, 0.1) is 5.92 Å². The molecule has 1 aliphatic heterocycles. The van der Waals surface area contributed by atoms with E-state index in [0.29, 0.717) is 41.2 Å². The van der Waals surface area contributed by atoms with Gasteiger partial charge in [0.25, 0.3) is 10.0 Å². The number of hydrogen-bond donors (Lipinski definition) is 0. The Morgan fingerprint density at radius 2 is 2.06 bits per heavy atom. The first-order chi connectivity index (χ1) is 17.3. The fourth-order valence-corrected chi connectivity index (χ4v) is 8.25. The van der Waals surface area contributed by atoms with Crippen LogP contribution < -0.4 is 4.90 Å². The number of amides is 1. The molecule has 0 radical (unpaired) electrons. The molecule has 1 saturated heterocycles. The number of para-hydroxylation sites is 1. The van der Waals surface area contributed by atoms with E-state index in [2.05, 4.69) is 24.9 Å². The van der Waals surface area contributed by atoms with Gasteiger partial charge in [-0.1, -0.05) is 49.4 Å². The van der Waals surface area contributed by atoms with E-state index in [0.717, 1.165) is 21.3 Å². The van der Waals surface area contributed by atoms with E-state index in [1.54, 1.807) is 34.8 Å². The summed E-state index contributed by atoms with van der Waals surface area (Å²) >= 11 is 2.70. The van der Waals surface area contributed by atoms with Crippen LogP contribution in [-0.2, 0) is 21.4 Å². The van der Waals surface area contributed by atoms with Crippen LogP contribution in [0.3, 0.4) is 0 Å². The first kappa shape index (κ1) is 25.0. The lowest BCUT2D eigenvalue weighted by Crippen LogP contribution is -2.46. The maximum Gasteiger partial charge on any atom is 0.252 e. The summed E-state index contributed by atoms with van der Waals surface area (Å²) in [5.41, 5.74) is 2.96. The van der Waals surface area contributed by atoms with Gasteiger partial charge in [-0.25, -0.2) is 13.4 Å². The number of sulfonamides is 1. The second-order valence-corrected chi connectivity index (χ2v) is 13.4. The largest absolute Gasteiger partial charge is 0.283 e. The quantitative estimate of drug-likeness (QED) is 0.309. The van der Waals surface area contributed by atoms with Gasteiger partial charge in [0.2, 0.25) is 5.91 Å². The summed E-state index contributed by atoms with van der Waals surface area (Å²) in [6.45, 7) is 5.20. The van der Waals surface area contributed by atoms with Crippen molar-refractivity contribution < 1.29 is 13.2 Å². The fourth-order valence-electron chi connectivity index (χ4n) is 4.57. The Labute approximate surface area is 219 Å². The van der Waals surface area contributed by atoms with Crippen molar-refractivity contribution in [2.45, 2.75) is 43.4 Å². The van der Waals surface area contributed by atoms with Gasteiger partial charge in [0.05, 0.1) is 22.7 Å². The van der Waals surface area contributed by atoms with Crippen LogP contribution in [0.25, 0.3) is 10.2 Å². The second kappa shape index (κ2) is 10.4. The number of anilines is 1. The fraction of sp³-hybridized carbons (Fsp3) is 0.346. The summed E-state index contributed by atoms with van der Waals surface area (Å²) < 4.78 is 29.1. The molecule has 1 aliphatic rings. The number of aromatic nitrogens is 2. The molecular weight excluding hydrogens is 513 g/mol. The minimum Gasteiger partial charge on any atom is -0.283 e. The summed E-state index contributed by atoms with van der Waals surface area (Å²) in [7, 11) is -3.61. The second-order valence-electron chi connectivity index (χ2n) is 9.27. The molecule has 5 rings (SSSR count). The van der Waals surface area contributed by atoms with Crippen LogP contribution in [0.5, 0.6) is 0 Å². The average molecular weight is 541 g/mol. The number of thiophene rings is 1. The zero-order valence-corrected chi connectivity index (χ0v) is 22.7. The highest BCUT2D eigenvalue weighted by Gasteiger charge is 2.36. The normalized spacial score (nSPS) is 17.0. The zero-order chi connectivity index (χ0) is 25.3. The molecule has 0 aliphatic carbocycles. The molecular formula is C26H28N4O3S3. The van der Waals surface area contributed by atoms with Crippen molar-refractivity contribution in [3.05, 3.63) is 71.4 Å². The van der Waals surface area contributed by atoms with Crippen LogP contribution in [0.15, 0.2) is 64.4 Å². The molecule has 7 nitrogen and oxygen atoms in total. The molecule has 0 spiro atoms. The molecule has 10 heteroatoms. The van der Waals surface area contributed by atoms with E-state index in [4.69, 9.17) is 4.98 Å². The smallest absolute Gasteiger partial charge is 0.252 e. The number of carbonyl (C=O) groups excluding carboxylic acids is 1. The van der Waals surface area contributed by atoms with Gasteiger partial charge in [0.15, 0.2) is 5.13 Å². The molecule has 1 aromatic carbocycles. The zero-order valence-electron chi connectivity index (χ0n) is 20.2. The molecule has 0 saturated carbocycles. The maximum absolute atomic E-state index is 14.0. The third kappa shape index (κ3) is 4.95. The number of hydrogen-bond acceptors (Lipinski definition) is 7. The number of piperidine rings is 1. The van der Waals surface area contributed by atoms with Crippen LogP contribution in [0.2, 0.25) is 0 Å². The Morgan fingerprint density at radius 1 is 1.19 bits per heavy atom. The molecule has 0 N–H and O–H groups in total. The molecule has 1 unspecified atom stereocenters. The Balaban J connectivity index is 1.48. The molecule has 3 aromatic heterocycles. The molecule has 36 heavy (non-hydrogen) atoms. The third-order valence-electron chi connectivity index (χ3n) is 6.44. The van der Waals surface area contributed by atoms with Gasteiger partial charge >= 0.3 is 0 Å². The lowest BCUT2D eigenvalue weighted by atomic mass is 9.98. The van der Waals surface area contributed by atoms with Crippen molar-refractivity contribution >= 4 is 54.0 Å². The lowest BCUT2D eigenvalue weighted by Gasteiger charge is -2.33. The van der Waals surface area contributed by atoms with E-state index in [-0.39, 0.29) is 12.5 Å². The van der Waals surface area contributed by atoms with Gasteiger partial charge in [0.1, 0.15) is 4.21 Å². The average Bonchev–Trinajstić information content (AvgIpc) is 3.58. The number of thiazole rings is 1. The third-order valence-corrected chi connectivity index (χ3v) is 10.7. The molecule has 4 heterocycles. The van der Waals surface area contributed by atoms with E-state index in [1.807, 2.05) is 24.3 Å². The van der Waals surface area contributed by atoms with Gasteiger partial charge in [0, 0.05) is 25.5 Å². The highest BCUT2D eigenvalue weighted by molar-refractivity contribution is 7.91. The van der Waals surface area contributed by atoms with Crippen LogP contribution in [0.4, 0.5) is 5.13 Å². The van der Waals surface area contributed by atoms with Crippen LogP contribution in [-0.4, -0.2) is 41.7 Å². The summed E-state index contributed by atoms with van der Waals surface area (Å²) in [5.74, 6) is -0.239. The highest BCUT2D eigenvalue weighted by Crippen LogP contribution is 2.36. The van der Waals surface area contributed by atoms with E-state index in [9.17, 15) is 13.2 Å². The van der Waals surface area contributed by atoms with Crippen molar-refractivity contribution in [2.24, 2.45) is 5.92 Å². The number of carbonyl (C=O) groups is 1. The number of rotatable bonds is 7. The van der Waals surface area contributed by atoms with Crippen LogP contribution >= 0.6 is 22.7 Å². The summed E-state index contributed by atoms with van der Waals surface area (Å²) in [6, 6.07) is 13.3. The molecule has 188 valence electrons. The summed E-state index contributed by atoms with van der Waals surface area (Å²) in [5, 5.41) is 2.39. The summed E-state index contributed by atoms with van der Waals surface area (Å²) in [6.07, 6.45) is 4.73. The van der Waals surface area contributed by atoms with Crippen molar-refractivity contribution in [2.75, 3.05) is 18.0 Å². The Kier molecular flexibility index (Phi) is 7.21. The molecule has 1 amide bonds. The topological polar surface area (TPSA) is 83.5 Å². The van der Waals surface area contributed by atoms with Gasteiger partial charge in [-0.3, -0.25) is 14.7 Å². The van der Waals surface area contributed by atoms with Gasteiger partial charge in [-0.15, -0.1) is 11.3 Å². The van der Waals surface area contributed by atoms with E-state index in [1.165, 1.54) is 27.0 Å². The first-order valence-corrected chi connectivity index (χ1v) is 15.1. The standard InChI is InChI=1S/C26H28N4O3S3/c1-18(2)21-9-3-10-22-24(21)28-26(35-22)30(16-19-7-4-12-27-15-19)25(31)20-8-5-13-29(17-20)36(32,33)23-11-6-14-34-23/h3-4,6-7,9-12,14-15,18,20H,5,8,13,16-17H2,1-2H3. The maximum atomic E-state index is 14.0. The van der Waals surface area contributed by atoms with Crippen molar-refractivity contribution in [1.82, 2.24) is 14.3 Å². The van der Waals surface area contributed by atoms with Crippen molar-refractivity contribution in [1.29, 1.82) is 0 Å². The van der Waals surface area contributed by atoms with Crippen molar-refractivity contribution in [3.63, 3.8) is 0 Å². The monoisotopic (exact) mass is 540 g/mol. The lowest BCUT2D eigenvalue weighted by molar-refractivity contribution is -0.123. The minimum atomic E-state index is -3.61. The van der Waals surface area contributed by atoms with Gasteiger partial charge in [-0.2, -0.15) is 4.31 Å². The summed E-state index contributed by atoms with van der Waals surface area (Å²) in [4.78, 5) is 24.9. The Hall–Kier alpha value is -2.66. The molecule has 1 fully saturated rings. The number of nitrogens with zero attached hydrogens (tertiary/aromatic N) is 4.